The molecule has 0 fully saturated rings. The Morgan fingerprint density at radius 1 is 1.28 bits per heavy atom. The normalized spacial score (nSPS) is 10.3. The summed E-state index contributed by atoms with van der Waals surface area (Å²) in [6.07, 6.45) is 2.57. The van der Waals surface area contributed by atoms with Gasteiger partial charge >= 0.3 is 6.09 Å². The Bertz CT molecular complexity index is 437. The summed E-state index contributed by atoms with van der Waals surface area (Å²) in [6.45, 7) is 1.80. The molecule has 0 unspecified atom stereocenters. The molecule has 0 aliphatic rings. The number of amides is 1. The van der Waals surface area contributed by atoms with E-state index < -0.39 is 6.09 Å². The van der Waals surface area contributed by atoms with Crippen molar-refractivity contribution in [2.45, 2.75) is 6.92 Å². The van der Waals surface area contributed by atoms with Gasteiger partial charge in [-0.05, 0) is 31.2 Å². The minimum absolute atomic E-state index is 0.0297. The molecule has 0 atom stereocenters. The lowest BCUT2D eigenvalue weighted by Gasteiger charge is -2.04. The summed E-state index contributed by atoms with van der Waals surface area (Å²) in [5.41, 5.74) is 0.512. The smallest absolute Gasteiger partial charge is 0.410 e. The zero-order valence-electron chi connectivity index (χ0n) is 10.3. The number of ether oxygens (including phenoxy) is 2. The van der Waals surface area contributed by atoms with Crippen LogP contribution in [0.15, 0.2) is 36.5 Å². The molecular weight excluding hydrogens is 234 g/mol. The number of ketones is 1. The van der Waals surface area contributed by atoms with Crippen LogP contribution in [0, 0.1) is 0 Å². The number of Topliss-reactive ketones (excluding diaryl/α,β-unsaturated/α-hetero) is 1. The van der Waals surface area contributed by atoms with E-state index in [9.17, 15) is 9.59 Å². The summed E-state index contributed by atoms with van der Waals surface area (Å²) in [7, 11) is 1.46. The van der Waals surface area contributed by atoms with Crippen molar-refractivity contribution in [3.8, 4) is 5.75 Å². The molecule has 1 amide bonds. The summed E-state index contributed by atoms with van der Waals surface area (Å²) in [4.78, 5) is 22.7. The first kappa shape index (κ1) is 13.9. The molecule has 5 nitrogen and oxygen atoms in total. The molecule has 0 heterocycles. The van der Waals surface area contributed by atoms with Crippen LogP contribution in [0.5, 0.6) is 5.75 Å². The minimum Gasteiger partial charge on any atom is -0.410 e. The quantitative estimate of drug-likeness (QED) is 0.812. The third kappa shape index (κ3) is 4.39. The molecule has 1 aromatic rings. The molecule has 0 radical (unpaired) electrons. The zero-order chi connectivity index (χ0) is 13.4. The van der Waals surface area contributed by atoms with Crippen molar-refractivity contribution < 1.29 is 19.1 Å². The molecule has 0 saturated carbocycles. The molecule has 1 aromatic carbocycles. The average Bonchev–Trinajstić information content (AvgIpc) is 2.37. The second kappa shape index (κ2) is 7.24. The van der Waals surface area contributed by atoms with Crippen molar-refractivity contribution >= 4 is 11.9 Å². The molecule has 0 aliphatic carbocycles. The average molecular weight is 249 g/mol. The summed E-state index contributed by atoms with van der Waals surface area (Å²) in [5.74, 6) is 0.244. The molecule has 0 spiro atoms. The van der Waals surface area contributed by atoms with Crippen LogP contribution < -0.4 is 10.1 Å². The van der Waals surface area contributed by atoms with Crippen LogP contribution in [0.3, 0.4) is 0 Å². The maximum absolute atomic E-state index is 11.5. The third-order valence-corrected chi connectivity index (χ3v) is 2.03. The van der Waals surface area contributed by atoms with Gasteiger partial charge in [0.25, 0.3) is 0 Å². The number of carbonyl (C=O) groups is 2. The topological polar surface area (TPSA) is 64.6 Å². The van der Waals surface area contributed by atoms with E-state index in [-0.39, 0.29) is 12.4 Å². The first-order valence-electron chi connectivity index (χ1n) is 5.39. The van der Waals surface area contributed by atoms with E-state index in [4.69, 9.17) is 9.47 Å². The molecule has 1 rings (SSSR count). The Balaban J connectivity index is 2.60. The van der Waals surface area contributed by atoms with Gasteiger partial charge in [0.05, 0.1) is 0 Å². The van der Waals surface area contributed by atoms with Crippen LogP contribution in [0.2, 0.25) is 0 Å². The second-order valence-corrected chi connectivity index (χ2v) is 3.41. The molecule has 0 bridgehead atoms. The summed E-state index contributed by atoms with van der Waals surface area (Å²) >= 11 is 0. The Hall–Kier alpha value is -2.14. The van der Waals surface area contributed by atoms with Gasteiger partial charge in [-0.15, -0.1) is 0 Å². The number of hydrogen-bond acceptors (Lipinski definition) is 4. The van der Waals surface area contributed by atoms with E-state index in [1.54, 1.807) is 37.3 Å². The summed E-state index contributed by atoms with van der Waals surface area (Å²) in [5, 5.41) is 2.41. The summed E-state index contributed by atoms with van der Waals surface area (Å²) < 4.78 is 9.71. The van der Waals surface area contributed by atoms with Crippen molar-refractivity contribution in [3.63, 3.8) is 0 Å². The Morgan fingerprint density at radius 3 is 2.50 bits per heavy atom. The van der Waals surface area contributed by atoms with E-state index >= 15 is 0 Å². The molecule has 1 N–H and O–H groups in total. The zero-order valence-corrected chi connectivity index (χ0v) is 10.3. The molecule has 18 heavy (non-hydrogen) atoms. The van der Waals surface area contributed by atoms with Crippen molar-refractivity contribution in [2.75, 3.05) is 13.7 Å². The van der Waals surface area contributed by atoms with Crippen molar-refractivity contribution in [3.05, 3.63) is 42.1 Å². The largest absolute Gasteiger partial charge is 0.416 e. The minimum atomic E-state index is -0.580. The fraction of sp³-hybridized carbons (Fsp3) is 0.231. The van der Waals surface area contributed by atoms with Gasteiger partial charge in [0.2, 0.25) is 0 Å². The maximum atomic E-state index is 11.5. The van der Waals surface area contributed by atoms with Gasteiger partial charge in [-0.1, -0.05) is 6.08 Å². The predicted molar refractivity (Wildman–Crippen MR) is 66.6 cm³/mol. The number of hydrogen-bond donors (Lipinski definition) is 1. The highest BCUT2D eigenvalue weighted by Gasteiger charge is 2.06. The molecule has 5 heteroatoms. The third-order valence-electron chi connectivity index (χ3n) is 2.03. The Morgan fingerprint density at radius 2 is 1.94 bits per heavy atom. The second-order valence-electron chi connectivity index (χ2n) is 3.41. The molecular formula is C13H15NO4. The van der Waals surface area contributed by atoms with Crippen LogP contribution in [-0.2, 0) is 4.74 Å². The first-order chi connectivity index (χ1) is 8.67. The molecule has 0 saturated heterocycles. The van der Waals surface area contributed by atoms with Gasteiger partial charge < -0.3 is 9.47 Å². The summed E-state index contributed by atoms with van der Waals surface area (Å²) in [6, 6.07) is 6.27. The van der Waals surface area contributed by atoms with E-state index in [1.807, 2.05) is 0 Å². The number of methoxy groups -OCH3 is 1. The first-order valence-corrected chi connectivity index (χ1v) is 5.39. The van der Waals surface area contributed by atoms with Gasteiger partial charge in [0, 0.05) is 18.9 Å². The van der Waals surface area contributed by atoms with Gasteiger partial charge in [-0.2, -0.15) is 0 Å². The molecule has 0 aromatic heterocycles. The van der Waals surface area contributed by atoms with E-state index in [0.29, 0.717) is 11.3 Å². The van der Waals surface area contributed by atoms with Crippen molar-refractivity contribution in [1.29, 1.82) is 0 Å². The molecule has 0 aliphatic heterocycles. The SMILES string of the molecule is CC=CNC(=O)Oc1ccc(C(=O)COC)cc1. The number of rotatable bonds is 5. The van der Waals surface area contributed by atoms with E-state index in [0.717, 1.165) is 0 Å². The lowest BCUT2D eigenvalue weighted by molar-refractivity contribution is 0.0848. The van der Waals surface area contributed by atoms with Crippen LogP contribution in [0.4, 0.5) is 4.79 Å². The number of benzene rings is 1. The van der Waals surface area contributed by atoms with Gasteiger partial charge in [0.15, 0.2) is 5.78 Å². The fourth-order valence-corrected chi connectivity index (χ4v) is 1.21. The van der Waals surface area contributed by atoms with Gasteiger partial charge in [0.1, 0.15) is 12.4 Å². The van der Waals surface area contributed by atoms with Crippen LogP contribution >= 0.6 is 0 Å². The van der Waals surface area contributed by atoms with Gasteiger partial charge in [-0.3, -0.25) is 10.1 Å². The Kier molecular flexibility index (Phi) is 5.60. The number of nitrogens with one attached hydrogen (secondary N) is 1. The standard InChI is InChI=1S/C13H15NO4/c1-3-8-14-13(16)18-11-6-4-10(5-7-11)12(15)9-17-2/h3-8H,9H2,1-2H3,(H,14,16). The number of carbonyl (C=O) groups excluding carboxylic acids is 2. The highest BCUT2D eigenvalue weighted by Crippen LogP contribution is 2.12. The lowest BCUT2D eigenvalue weighted by atomic mass is 10.1. The van der Waals surface area contributed by atoms with Crippen molar-refractivity contribution in [2.24, 2.45) is 0 Å². The van der Waals surface area contributed by atoms with E-state index in [2.05, 4.69) is 5.32 Å². The van der Waals surface area contributed by atoms with Crippen LogP contribution in [0.1, 0.15) is 17.3 Å². The number of allylic oxidation sites excluding steroid dienone is 1. The highest BCUT2D eigenvalue weighted by atomic mass is 16.6. The van der Waals surface area contributed by atoms with Crippen LogP contribution in [-0.4, -0.2) is 25.6 Å². The Labute approximate surface area is 105 Å². The maximum Gasteiger partial charge on any atom is 0.416 e. The monoisotopic (exact) mass is 249 g/mol. The highest BCUT2D eigenvalue weighted by molar-refractivity contribution is 5.97. The van der Waals surface area contributed by atoms with Gasteiger partial charge in [-0.25, -0.2) is 4.79 Å². The predicted octanol–water partition coefficient (Wildman–Crippen LogP) is 2.14. The molecule has 96 valence electrons. The fourth-order valence-electron chi connectivity index (χ4n) is 1.21. The van der Waals surface area contributed by atoms with Crippen molar-refractivity contribution in [1.82, 2.24) is 5.32 Å². The van der Waals surface area contributed by atoms with E-state index in [1.165, 1.54) is 13.3 Å². The lowest BCUT2D eigenvalue weighted by Crippen LogP contribution is -2.21. The van der Waals surface area contributed by atoms with Crippen LogP contribution in [0.25, 0.3) is 0 Å².